The second-order valence-corrected chi connectivity index (χ2v) is 7.07. The van der Waals surface area contributed by atoms with E-state index in [4.69, 9.17) is 16.3 Å². The van der Waals surface area contributed by atoms with Crippen LogP contribution in [0.2, 0.25) is 5.02 Å². The molecule has 4 nitrogen and oxygen atoms in total. The van der Waals surface area contributed by atoms with Crippen LogP contribution in [-0.4, -0.2) is 12.5 Å². The van der Waals surface area contributed by atoms with Gasteiger partial charge in [0, 0.05) is 22.9 Å². The SMILES string of the molecule is Cc1ccc(NC(=O)COc2ccc(CNc3ccc(C)c(Cl)c3)cc2)cc1. The van der Waals surface area contributed by atoms with Crippen molar-refractivity contribution in [1.29, 1.82) is 0 Å². The van der Waals surface area contributed by atoms with E-state index in [1.54, 1.807) is 0 Å². The summed E-state index contributed by atoms with van der Waals surface area (Å²) < 4.78 is 5.56. The van der Waals surface area contributed by atoms with E-state index in [1.165, 1.54) is 0 Å². The standard InChI is InChI=1S/C23H23ClN2O2/c1-16-3-8-19(9-4-16)26-23(27)15-28-21-11-6-18(7-12-21)14-25-20-10-5-17(2)22(24)13-20/h3-13,25H,14-15H2,1-2H3,(H,26,27). The van der Waals surface area contributed by atoms with Gasteiger partial charge in [-0.15, -0.1) is 0 Å². The molecule has 0 saturated carbocycles. The first-order valence-corrected chi connectivity index (χ1v) is 9.46. The van der Waals surface area contributed by atoms with Gasteiger partial charge in [0.25, 0.3) is 5.91 Å². The number of hydrogen-bond donors (Lipinski definition) is 2. The fourth-order valence-electron chi connectivity index (χ4n) is 2.59. The lowest BCUT2D eigenvalue weighted by molar-refractivity contribution is -0.118. The van der Waals surface area contributed by atoms with Gasteiger partial charge in [0.1, 0.15) is 5.75 Å². The Bertz CT molecular complexity index is 938. The second-order valence-electron chi connectivity index (χ2n) is 6.66. The fourth-order valence-corrected chi connectivity index (χ4v) is 2.77. The van der Waals surface area contributed by atoms with Crippen molar-refractivity contribution in [3.63, 3.8) is 0 Å². The molecule has 0 aliphatic carbocycles. The van der Waals surface area contributed by atoms with Crippen molar-refractivity contribution in [1.82, 2.24) is 0 Å². The zero-order valence-corrected chi connectivity index (χ0v) is 16.7. The zero-order chi connectivity index (χ0) is 19.9. The summed E-state index contributed by atoms with van der Waals surface area (Å²) in [5, 5.41) is 6.90. The van der Waals surface area contributed by atoms with Crippen molar-refractivity contribution < 1.29 is 9.53 Å². The molecule has 0 atom stereocenters. The van der Waals surface area contributed by atoms with Crippen LogP contribution in [0.25, 0.3) is 0 Å². The maximum absolute atomic E-state index is 12.0. The number of halogens is 1. The van der Waals surface area contributed by atoms with Crippen LogP contribution in [0.1, 0.15) is 16.7 Å². The Labute approximate surface area is 170 Å². The Morgan fingerprint density at radius 1 is 0.929 bits per heavy atom. The van der Waals surface area contributed by atoms with Crippen LogP contribution in [0, 0.1) is 13.8 Å². The first kappa shape index (κ1) is 19.8. The normalized spacial score (nSPS) is 10.4. The quantitative estimate of drug-likeness (QED) is 0.549. The van der Waals surface area contributed by atoms with Crippen LogP contribution in [0.5, 0.6) is 5.75 Å². The van der Waals surface area contributed by atoms with E-state index in [9.17, 15) is 4.79 Å². The van der Waals surface area contributed by atoms with Crippen LogP contribution in [-0.2, 0) is 11.3 Å². The van der Waals surface area contributed by atoms with E-state index >= 15 is 0 Å². The number of anilines is 2. The molecule has 144 valence electrons. The van der Waals surface area contributed by atoms with Crippen molar-refractivity contribution in [3.05, 3.63) is 88.4 Å². The highest BCUT2D eigenvalue weighted by Gasteiger charge is 2.04. The van der Waals surface area contributed by atoms with Crippen molar-refractivity contribution in [2.75, 3.05) is 17.2 Å². The Balaban J connectivity index is 1.46. The van der Waals surface area contributed by atoms with E-state index < -0.39 is 0 Å². The van der Waals surface area contributed by atoms with Gasteiger partial charge in [-0.25, -0.2) is 0 Å². The minimum absolute atomic E-state index is 0.0344. The summed E-state index contributed by atoms with van der Waals surface area (Å²) in [7, 11) is 0. The molecule has 0 bridgehead atoms. The summed E-state index contributed by atoms with van der Waals surface area (Å²) in [4.78, 5) is 12.0. The van der Waals surface area contributed by atoms with Gasteiger partial charge >= 0.3 is 0 Å². The van der Waals surface area contributed by atoms with Crippen molar-refractivity contribution >= 4 is 28.9 Å². The van der Waals surface area contributed by atoms with Gasteiger partial charge in [-0.05, 0) is 61.4 Å². The van der Waals surface area contributed by atoms with Crippen molar-refractivity contribution in [3.8, 4) is 5.75 Å². The van der Waals surface area contributed by atoms with Gasteiger partial charge in [-0.3, -0.25) is 4.79 Å². The van der Waals surface area contributed by atoms with Gasteiger partial charge in [-0.2, -0.15) is 0 Å². The molecule has 3 rings (SSSR count). The lowest BCUT2D eigenvalue weighted by Gasteiger charge is -2.10. The smallest absolute Gasteiger partial charge is 0.262 e. The molecule has 0 aliphatic rings. The van der Waals surface area contributed by atoms with E-state index in [-0.39, 0.29) is 12.5 Å². The molecule has 0 saturated heterocycles. The number of carbonyl (C=O) groups is 1. The molecule has 1 amide bonds. The summed E-state index contributed by atoms with van der Waals surface area (Å²) in [6, 6.07) is 21.2. The zero-order valence-electron chi connectivity index (χ0n) is 16.0. The third-order valence-electron chi connectivity index (χ3n) is 4.30. The molecule has 3 aromatic rings. The average Bonchev–Trinajstić information content (AvgIpc) is 2.70. The van der Waals surface area contributed by atoms with Gasteiger partial charge in [0.15, 0.2) is 6.61 Å². The fraction of sp³-hybridized carbons (Fsp3) is 0.174. The molecular formula is C23H23ClN2O2. The number of benzene rings is 3. The highest BCUT2D eigenvalue weighted by atomic mass is 35.5. The molecule has 0 heterocycles. The summed E-state index contributed by atoms with van der Waals surface area (Å²) in [6.07, 6.45) is 0. The van der Waals surface area contributed by atoms with Gasteiger partial charge in [0.2, 0.25) is 0 Å². The number of rotatable bonds is 7. The average molecular weight is 395 g/mol. The van der Waals surface area contributed by atoms with Crippen molar-refractivity contribution in [2.45, 2.75) is 20.4 Å². The number of ether oxygens (including phenoxy) is 1. The van der Waals surface area contributed by atoms with Gasteiger partial charge in [0.05, 0.1) is 0 Å². The molecule has 28 heavy (non-hydrogen) atoms. The lowest BCUT2D eigenvalue weighted by atomic mass is 10.2. The molecule has 0 radical (unpaired) electrons. The Morgan fingerprint density at radius 3 is 2.29 bits per heavy atom. The molecule has 2 N–H and O–H groups in total. The van der Waals surface area contributed by atoms with E-state index in [0.29, 0.717) is 12.3 Å². The Kier molecular flexibility index (Phi) is 6.56. The first-order chi connectivity index (χ1) is 13.5. The maximum atomic E-state index is 12.0. The minimum atomic E-state index is -0.189. The third kappa shape index (κ3) is 5.76. The molecule has 0 unspecified atom stereocenters. The maximum Gasteiger partial charge on any atom is 0.262 e. The largest absolute Gasteiger partial charge is 0.484 e. The molecule has 0 aliphatic heterocycles. The minimum Gasteiger partial charge on any atom is -0.484 e. The lowest BCUT2D eigenvalue weighted by Crippen LogP contribution is -2.20. The van der Waals surface area contributed by atoms with E-state index in [1.807, 2.05) is 80.6 Å². The first-order valence-electron chi connectivity index (χ1n) is 9.08. The third-order valence-corrected chi connectivity index (χ3v) is 4.70. The predicted octanol–water partition coefficient (Wildman–Crippen LogP) is 5.59. The number of amides is 1. The molecule has 3 aromatic carbocycles. The molecule has 5 heteroatoms. The van der Waals surface area contributed by atoms with Crippen LogP contribution in [0.3, 0.4) is 0 Å². The number of carbonyl (C=O) groups excluding carboxylic acids is 1. The topological polar surface area (TPSA) is 50.4 Å². The van der Waals surface area contributed by atoms with Crippen molar-refractivity contribution in [2.24, 2.45) is 0 Å². The number of hydrogen-bond acceptors (Lipinski definition) is 3. The summed E-state index contributed by atoms with van der Waals surface area (Å²) in [5.41, 5.74) is 5.04. The van der Waals surface area contributed by atoms with Gasteiger partial charge in [-0.1, -0.05) is 47.5 Å². The number of aryl methyl sites for hydroxylation is 2. The van der Waals surface area contributed by atoms with Crippen LogP contribution >= 0.6 is 11.6 Å². The summed E-state index contributed by atoms with van der Waals surface area (Å²) >= 11 is 6.15. The summed E-state index contributed by atoms with van der Waals surface area (Å²) in [5.74, 6) is 0.465. The van der Waals surface area contributed by atoms with Crippen LogP contribution < -0.4 is 15.4 Å². The van der Waals surface area contributed by atoms with E-state index in [0.717, 1.165) is 33.1 Å². The number of nitrogens with one attached hydrogen (secondary N) is 2. The second kappa shape index (κ2) is 9.29. The predicted molar refractivity (Wildman–Crippen MR) is 115 cm³/mol. The highest BCUT2D eigenvalue weighted by Crippen LogP contribution is 2.21. The molecule has 0 fully saturated rings. The molecule has 0 spiro atoms. The Morgan fingerprint density at radius 2 is 1.61 bits per heavy atom. The summed E-state index contributed by atoms with van der Waals surface area (Å²) in [6.45, 7) is 4.62. The van der Waals surface area contributed by atoms with E-state index in [2.05, 4.69) is 10.6 Å². The monoisotopic (exact) mass is 394 g/mol. The Hall–Kier alpha value is -2.98. The highest BCUT2D eigenvalue weighted by molar-refractivity contribution is 6.31. The van der Waals surface area contributed by atoms with Gasteiger partial charge < -0.3 is 15.4 Å². The molecular weight excluding hydrogens is 372 g/mol. The molecule has 0 aromatic heterocycles. The van der Waals surface area contributed by atoms with Crippen LogP contribution in [0.15, 0.2) is 66.7 Å². The van der Waals surface area contributed by atoms with Crippen LogP contribution in [0.4, 0.5) is 11.4 Å².